The van der Waals surface area contributed by atoms with Crippen molar-refractivity contribution in [3.8, 4) is 0 Å². The van der Waals surface area contributed by atoms with E-state index in [0.717, 1.165) is 12.1 Å². The number of hydrogen-bond acceptors (Lipinski definition) is 4. The van der Waals surface area contributed by atoms with E-state index in [1.807, 2.05) is 6.92 Å². The van der Waals surface area contributed by atoms with Crippen LogP contribution in [0.15, 0.2) is 22.7 Å². The Hall–Kier alpha value is -1.34. The molecule has 0 fully saturated rings. The quantitative estimate of drug-likeness (QED) is 0.912. The summed E-state index contributed by atoms with van der Waals surface area (Å²) in [6.07, 6.45) is 0.611. The second kappa shape index (κ2) is 6.21. The number of aryl methyl sites for hydroxylation is 1. The molecular formula is C12H15BrFN5. The Bertz CT molecular complexity index is 557. The van der Waals surface area contributed by atoms with Gasteiger partial charge < -0.3 is 5.32 Å². The highest BCUT2D eigenvalue weighted by atomic mass is 79.9. The Morgan fingerprint density at radius 3 is 2.84 bits per heavy atom. The highest BCUT2D eigenvalue weighted by Crippen LogP contribution is 2.23. The van der Waals surface area contributed by atoms with E-state index >= 15 is 0 Å². The van der Waals surface area contributed by atoms with Gasteiger partial charge in [-0.3, -0.25) is 0 Å². The van der Waals surface area contributed by atoms with Gasteiger partial charge in [0.1, 0.15) is 5.82 Å². The topological polar surface area (TPSA) is 55.6 Å². The SMILES string of the molecule is CCNC(Cc1nnn(C)n1)c1ccc(F)c(Br)c1. The maximum absolute atomic E-state index is 13.3. The minimum atomic E-state index is -0.267. The summed E-state index contributed by atoms with van der Waals surface area (Å²) in [4.78, 5) is 1.43. The van der Waals surface area contributed by atoms with E-state index in [-0.39, 0.29) is 11.9 Å². The zero-order chi connectivity index (χ0) is 13.8. The molecule has 0 saturated heterocycles. The lowest BCUT2D eigenvalue weighted by Gasteiger charge is -2.17. The van der Waals surface area contributed by atoms with Gasteiger partial charge in [0, 0.05) is 12.5 Å². The van der Waals surface area contributed by atoms with E-state index < -0.39 is 0 Å². The lowest BCUT2D eigenvalue weighted by molar-refractivity contribution is 0.532. The summed E-state index contributed by atoms with van der Waals surface area (Å²) in [6, 6.07) is 5.03. The number of halogens is 2. The Balaban J connectivity index is 2.21. The minimum Gasteiger partial charge on any atom is -0.310 e. The molecule has 0 spiro atoms. The first kappa shape index (κ1) is 14.1. The Kier molecular flexibility index (Phi) is 4.60. The largest absolute Gasteiger partial charge is 0.310 e. The first-order valence-electron chi connectivity index (χ1n) is 6.01. The maximum atomic E-state index is 13.3. The Morgan fingerprint density at radius 2 is 2.26 bits per heavy atom. The monoisotopic (exact) mass is 327 g/mol. The van der Waals surface area contributed by atoms with Crippen molar-refractivity contribution in [2.24, 2.45) is 7.05 Å². The van der Waals surface area contributed by atoms with Crippen LogP contribution >= 0.6 is 15.9 Å². The average Bonchev–Trinajstić information content (AvgIpc) is 2.78. The van der Waals surface area contributed by atoms with E-state index in [4.69, 9.17) is 0 Å². The van der Waals surface area contributed by atoms with Crippen molar-refractivity contribution < 1.29 is 4.39 Å². The van der Waals surface area contributed by atoms with Crippen molar-refractivity contribution >= 4 is 15.9 Å². The third-order valence-corrected chi connectivity index (χ3v) is 3.34. The standard InChI is InChI=1S/C12H15BrFN5/c1-3-15-11(7-12-16-18-19(2)17-12)8-4-5-10(14)9(13)6-8/h4-6,11,15H,3,7H2,1-2H3. The molecule has 2 rings (SSSR count). The second-order valence-electron chi connectivity index (χ2n) is 4.18. The molecule has 0 bridgehead atoms. The first-order valence-corrected chi connectivity index (χ1v) is 6.80. The van der Waals surface area contributed by atoms with Crippen LogP contribution in [-0.2, 0) is 13.5 Å². The van der Waals surface area contributed by atoms with Gasteiger partial charge in [0.15, 0.2) is 5.82 Å². The highest BCUT2D eigenvalue weighted by Gasteiger charge is 2.15. The molecule has 0 aliphatic carbocycles. The molecule has 1 aromatic carbocycles. The van der Waals surface area contributed by atoms with Gasteiger partial charge in [-0.2, -0.15) is 4.80 Å². The molecule has 1 N–H and O–H groups in total. The number of rotatable bonds is 5. The zero-order valence-corrected chi connectivity index (χ0v) is 12.4. The molecule has 0 amide bonds. The van der Waals surface area contributed by atoms with Gasteiger partial charge in [0.2, 0.25) is 0 Å². The van der Waals surface area contributed by atoms with Gasteiger partial charge in [0.05, 0.1) is 11.5 Å². The van der Waals surface area contributed by atoms with Crippen molar-refractivity contribution in [2.45, 2.75) is 19.4 Å². The molecule has 0 saturated carbocycles. The summed E-state index contributed by atoms with van der Waals surface area (Å²) >= 11 is 3.20. The Morgan fingerprint density at radius 1 is 1.47 bits per heavy atom. The fraction of sp³-hybridized carbons (Fsp3) is 0.417. The first-order chi connectivity index (χ1) is 9.10. The van der Waals surface area contributed by atoms with Crippen molar-refractivity contribution in [2.75, 3.05) is 6.54 Å². The summed E-state index contributed by atoms with van der Waals surface area (Å²) in [6.45, 7) is 2.83. The fourth-order valence-corrected chi connectivity index (χ4v) is 2.27. The number of aromatic nitrogens is 4. The van der Waals surface area contributed by atoms with Gasteiger partial charge in [-0.15, -0.1) is 10.2 Å². The third kappa shape index (κ3) is 3.57. The molecule has 0 radical (unpaired) electrons. The van der Waals surface area contributed by atoms with Gasteiger partial charge >= 0.3 is 0 Å². The Labute approximate surface area is 119 Å². The molecule has 7 heteroatoms. The molecule has 1 atom stereocenters. The second-order valence-corrected chi connectivity index (χ2v) is 5.04. The van der Waals surface area contributed by atoms with Crippen LogP contribution < -0.4 is 5.32 Å². The third-order valence-electron chi connectivity index (χ3n) is 2.73. The fourth-order valence-electron chi connectivity index (χ4n) is 1.87. The number of hydrogen-bond donors (Lipinski definition) is 1. The molecule has 102 valence electrons. The molecular weight excluding hydrogens is 313 g/mol. The highest BCUT2D eigenvalue weighted by molar-refractivity contribution is 9.10. The summed E-state index contributed by atoms with van der Waals surface area (Å²) < 4.78 is 13.7. The molecule has 1 aromatic heterocycles. The lowest BCUT2D eigenvalue weighted by Crippen LogP contribution is -2.23. The molecule has 5 nitrogen and oxygen atoms in total. The molecule has 1 unspecified atom stereocenters. The van der Waals surface area contributed by atoms with Crippen LogP contribution in [-0.4, -0.2) is 26.8 Å². The van der Waals surface area contributed by atoms with Crippen LogP contribution in [0, 0.1) is 5.82 Å². The van der Waals surface area contributed by atoms with Gasteiger partial charge in [-0.05, 0) is 45.4 Å². The molecule has 19 heavy (non-hydrogen) atoms. The summed E-state index contributed by atoms with van der Waals surface area (Å²) in [5, 5.41) is 15.3. The molecule has 2 aromatic rings. The van der Waals surface area contributed by atoms with E-state index in [1.54, 1.807) is 19.2 Å². The minimum absolute atomic E-state index is 0.0334. The van der Waals surface area contributed by atoms with E-state index in [1.165, 1.54) is 10.9 Å². The smallest absolute Gasteiger partial charge is 0.176 e. The normalized spacial score (nSPS) is 12.6. The number of benzene rings is 1. The molecule has 0 aliphatic heterocycles. The zero-order valence-electron chi connectivity index (χ0n) is 10.8. The molecule has 1 heterocycles. The number of likely N-dealkylation sites (N-methyl/N-ethyl adjacent to an activating group) is 1. The van der Waals surface area contributed by atoms with Gasteiger partial charge in [-0.25, -0.2) is 4.39 Å². The average molecular weight is 328 g/mol. The van der Waals surface area contributed by atoms with Crippen LogP contribution in [0.4, 0.5) is 4.39 Å². The van der Waals surface area contributed by atoms with E-state index in [0.29, 0.717) is 16.7 Å². The van der Waals surface area contributed by atoms with E-state index in [2.05, 4.69) is 36.7 Å². The summed E-state index contributed by atoms with van der Waals surface area (Å²) in [5.74, 6) is 0.394. The molecule has 0 aliphatic rings. The van der Waals surface area contributed by atoms with Crippen molar-refractivity contribution in [3.05, 3.63) is 39.9 Å². The van der Waals surface area contributed by atoms with Gasteiger partial charge in [0.25, 0.3) is 0 Å². The maximum Gasteiger partial charge on any atom is 0.176 e. The van der Waals surface area contributed by atoms with Crippen LogP contribution in [0.2, 0.25) is 0 Å². The van der Waals surface area contributed by atoms with Crippen molar-refractivity contribution in [1.82, 2.24) is 25.5 Å². The van der Waals surface area contributed by atoms with Crippen LogP contribution in [0.3, 0.4) is 0 Å². The van der Waals surface area contributed by atoms with Crippen molar-refractivity contribution in [3.63, 3.8) is 0 Å². The number of nitrogens with zero attached hydrogens (tertiary/aromatic N) is 4. The summed E-state index contributed by atoms with van der Waals surface area (Å²) in [5.41, 5.74) is 0.988. The predicted molar refractivity (Wildman–Crippen MR) is 73.0 cm³/mol. The summed E-state index contributed by atoms with van der Waals surface area (Å²) in [7, 11) is 1.73. The van der Waals surface area contributed by atoms with Crippen molar-refractivity contribution in [1.29, 1.82) is 0 Å². The predicted octanol–water partition coefficient (Wildman–Crippen LogP) is 2.00. The van der Waals surface area contributed by atoms with Gasteiger partial charge in [-0.1, -0.05) is 13.0 Å². The lowest BCUT2D eigenvalue weighted by atomic mass is 10.0. The van der Waals surface area contributed by atoms with Crippen LogP contribution in [0.1, 0.15) is 24.4 Å². The number of nitrogens with one attached hydrogen (secondary N) is 1. The number of tetrazole rings is 1. The van der Waals surface area contributed by atoms with E-state index in [9.17, 15) is 4.39 Å². The van der Waals surface area contributed by atoms with Crippen LogP contribution in [0.25, 0.3) is 0 Å². The van der Waals surface area contributed by atoms with Crippen LogP contribution in [0.5, 0.6) is 0 Å².